The van der Waals surface area contributed by atoms with Gasteiger partial charge in [0.25, 0.3) is 0 Å². The number of fused-ring (bicyclic) bond motifs is 1. The highest BCUT2D eigenvalue weighted by molar-refractivity contribution is 9.08. The van der Waals surface area contributed by atoms with Crippen molar-refractivity contribution < 1.29 is 4.39 Å². The van der Waals surface area contributed by atoms with E-state index >= 15 is 0 Å². The molecule has 0 spiro atoms. The van der Waals surface area contributed by atoms with Crippen molar-refractivity contribution in [3.8, 4) is 0 Å². The second-order valence-electron chi connectivity index (χ2n) is 2.67. The molecule has 0 aliphatic heterocycles. The average molecular weight is 277 g/mol. The van der Waals surface area contributed by atoms with Gasteiger partial charge in [-0.3, -0.25) is 0 Å². The Morgan fingerprint density at radius 3 is 2.92 bits per heavy atom. The predicted octanol–water partition coefficient (Wildman–Crippen LogP) is 4.22. The molecule has 0 amide bonds. The van der Waals surface area contributed by atoms with Gasteiger partial charge in [0.2, 0.25) is 0 Å². The van der Waals surface area contributed by atoms with Gasteiger partial charge in [0.1, 0.15) is 0 Å². The molecule has 1 aromatic heterocycles. The summed E-state index contributed by atoms with van der Waals surface area (Å²) in [4.78, 5) is 0.833. The normalized spacial score (nSPS) is 11.0. The summed E-state index contributed by atoms with van der Waals surface area (Å²) in [7, 11) is 0. The van der Waals surface area contributed by atoms with Gasteiger partial charge in [0.05, 0.1) is 0 Å². The molecular weight excluding hydrogens is 271 g/mol. The summed E-state index contributed by atoms with van der Waals surface area (Å²) in [6.45, 7) is 0. The van der Waals surface area contributed by atoms with Crippen molar-refractivity contribution in [3.63, 3.8) is 0 Å². The number of alkyl halides is 1. The molecule has 0 fully saturated rings. The van der Waals surface area contributed by atoms with Gasteiger partial charge >= 0.3 is 0 Å². The molecule has 0 unspecified atom stereocenters. The topological polar surface area (TPSA) is 0 Å². The number of benzene rings is 1. The highest BCUT2D eigenvalue weighted by Gasteiger charge is 2.07. The molecule has 2 aromatic rings. The molecule has 0 bridgehead atoms. The molecule has 0 radical (unpaired) electrons. The van der Waals surface area contributed by atoms with Crippen LogP contribution in [0.2, 0.25) is 0 Å². The average Bonchev–Trinajstić information content (AvgIpc) is 2.48. The van der Waals surface area contributed by atoms with Gasteiger partial charge in [-0.1, -0.05) is 22.0 Å². The largest absolute Gasteiger partial charge is 0.195 e. The van der Waals surface area contributed by atoms with Gasteiger partial charge in [-0.2, -0.15) is 4.39 Å². The summed E-state index contributed by atoms with van der Waals surface area (Å²) in [6.07, 6.45) is 0. The number of hydrogen-bond acceptors (Lipinski definition) is 2. The van der Waals surface area contributed by atoms with Crippen LogP contribution in [0.5, 0.6) is 0 Å². The predicted molar refractivity (Wildman–Crippen MR) is 61.7 cm³/mol. The van der Waals surface area contributed by atoms with E-state index in [1.165, 1.54) is 17.4 Å². The Morgan fingerprint density at radius 2 is 2.23 bits per heavy atom. The van der Waals surface area contributed by atoms with E-state index in [4.69, 9.17) is 0 Å². The maximum Gasteiger partial charge on any atom is 0.177 e. The Kier molecular flexibility index (Phi) is 2.62. The van der Waals surface area contributed by atoms with Crippen molar-refractivity contribution in [3.05, 3.63) is 28.9 Å². The summed E-state index contributed by atoms with van der Waals surface area (Å²) >= 11 is 8.82. The second kappa shape index (κ2) is 3.59. The zero-order valence-corrected chi connectivity index (χ0v) is 9.85. The molecule has 68 valence electrons. The molecule has 0 nitrogen and oxygen atoms in total. The number of thiol groups is 1. The van der Waals surface area contributed by atoms with Gasteiger partial charge in [-0.15, -0.1) is 24.0 Å². The van der Waals surface area contributed by atoms with Gasteiger partial charge in [0, 0.05) is 20.3 Å². The molecule has 0 aliphatic carbocycles. The lowest BCUT2D eigenvalue weighted by atomic mass is 10.2. The lowest BCUT2D eigenvalue weighted by molar-refractivity contribution is 0.658. The van der Waals surface area contributed by atoms with Gasteiger partial charge in [-0.25, -0.2) is 0 Å². The van der Waals surface area contributed by atoms with E-state index in [-0.39, 0.29) is 5.13 Å². The minimum atomic E-state index is -0.154. The van der Waals surface area contributed by atoms with Crippen molar-refractivity contribution in [1.82, 2.24) is 0 Å². The molecule has 13 heavy (non-hydrogen) atoms. The van der Waals surface area contributed by atoms with Crippen LogP contribution in [0, 0.1) is 5.13 Å². The van der Waals surface area contributed by atoms with Crippen LogP contribution in [0.3, 0.4) is 0 Å². The number of thiophene rings is 1. The minimum absolute atomic E-state index is 0.154. The smallest absolute Gasteiger partial charge is 0.177 e. The van der Waals surface area contributed by atoms with E-state index in [0.717, 1.165) is 25.9 Å². The monoisotopic (exact) mass is 276 g/mol. The first kappa shape index (κ1) is 9.49. The summed E-state index contributed by atoms with van der Waals surface area (Å²) in [6, 6.07) is 5.40. The molecule has 2 rings (SSSR count). The third-order valence-electron chi connectivity index (χ3n) is 1.86. The van der Waals surface area contributed by atoms with E-state index in [1.807, 2.05) is 12.1 Å². The first-order valence-corrected chi connectivity index (χ1v) is 6.06. The lowest BCUT2D eigenvalue weighted by Gasteiger charge is -1.99. The number of rotatable bonds is 1. The Morgan fingerprint density at radius 1 is 1.46 bits per heavy atom. The van der Waals surface area contributed by atoms with E-state index < -0.39 is 0 Å². The second-order valence-corrected chi connectivity index (χ2v) is 4.72. The fourth-order valence-corrected chi connectivity index (χ4v) is 3.14. The summed E-state index contributed by atoms with van der Waals surface area (Å²) in [5.74, 6) is 0. The lowest BCUT2D eigenvalue weighted by Crippen LogP contribution is -1.77. The van der Waals surface area contributed by atoms with E-state index in [1.54, 1.807) is 0 Å². The van der Waals surface area contributed by atoms with Crippen molar-refractivity contribution >= 4 is 50.0 Å². The molecule has 4 heteroatoms. The van der Waals surface area contributed by atoms with Crippen molar-refractivity contribution in [1.29, 1.82) is 0 Å². The van der Waals surface area contributed by atoms with Crippen LogP contribution in [0.15, 0.2) is 23.1 Å². The minimum Gasteiger partial charge on any atom is -0.195 e. The van der Waals surface area contributed by atoms with Gasteiger partial charge in [-0.05, 0) is 17.7 Å². The molecule has 0 atom stereocenters. The highest BCUT2D eigenvalue weighted by Crippen LogP contribution is 2.33. The summed E-state index contributed by atoms with van der Waals surface area (Å²) in [5, 5.41) is 1.50. The van der Waals surface area contributed by atoms with E-state index in [2.05, 4.69) is 28.6 Å². The first-order valence-electron chi connectivity index (χ1n) is 3.68. The molecule has 1 heterocycles. The number of hydrogen-bond donors (Lipinski definition) is 1. The molecular formula is C9H6BrFS2. The fourth-order valence-electron chi connectivity index (χ4n) is 1.24. The van der Waals surface area contributed by atoms with E-state index in [0.29, 0.717) is 0 Å². The quantitative estimate of drug-likeness (QED) is 0.585. The SMILES string of the molecule is Fc1cc2c(S)ccc(CBr)c2s1. The van der Waals surface area contributed by atoms with Crippen LogP contribution in [0.1, 0.15) is 5.56 Å². The Balaban J connectivity index is 2.83. The third-order valence-corrected chi connectivity index (χ3v) is 3.85. The summed E-state index contributed by atoms with van der Waals surface area (Å²) < 4.78 is 14.0. The number of halogens is 2. The molecule has 0 saturated carbocycles. The van der Waals surface area contributed by atoms with Crippen molar-refractivity contribution in [2.45, 2.75) is 10.2 Å². The van der Waals surface area contributed by atoms with Crippen LogP contribution >= 0.6 is 39.9 Å². The van der Waals surface area contributed by atoms with Crippen molar-refractivity contribution in [2.24, 2.45) is 0 Å². The zero-order chi connectivity index (χ0) is 9.42. The maximum absolute atomic E-state index is 13.0. The summed E-state index contributed by atoms with van der Waals surface area (Å²) in [5.41, 5.74) is 1.11. The molecule has 0 aliphatic rings. The standard InChI is InChI=1S/C9H6BrFS2/c10-4-5-1-2-7(12)6-3-8(11)13-9(5)6/h1-3,12H,4H2. The highest BCUT2D eigenvalue weighted by atomic mass is 79.9. The van der Waals surface area contributed by atoms with Crippen LogP contribution in [-0.2, 0) is 5.33 Å². The Labute approximate surface area is 93.3 Å². The van der Waals surface area contributed by atoms with Crippen LogP contribution in [-0.4, -0.2) is 0 Å². The molecule has 1 aromatic carbocycles. The Hall–Kier alpha value is -0.0600. The maximum atomic E-state index is 13.0. The third kappa shape index (κ3) is 1.63. The van der Waals surface area contributed by atoms with Gasteiger partial charge < -0.3 is 0 Å². The Bertz CT molecular complexity index is 450. The van der Waals surface area contributed by atoms with Crippen LogP contribution < -0.4 is 0 Å². The molecule has 0 N–H and O–H groups in total. The van der Waals surface area contributed by atoms with Crippen LogP contribution in [0.4, 0.5) is 4.39 Å². The van der Waals surface area contributed by atoms with E-state index in [9.17, 15) is 4.39 Å². The van der Waals surface area contributed by atoms with Crippen LogP contribution in [0.25, 0.3) is 10.1 Å². The van der Waals surface area contributed by atoms with Crippen molar-refractivity contribution in [2.75, 3.05) is 0 Å². The van der Waals surface area contributed by atoms with Gasteiger partial charge in [0.15, 0.2) is 5.13 Å². The first-order chi connectivity index (χ1) is 6.22. The molecule has 0 saturated heterocycles. The zero-order valence-electron chi connectivity index (χ0n) is 6.55. The fraction of sp³-hybridized carbons (Fsp3) is 0.111.